The summed E-state index contributed by atoms with van der Waals surface area (Å²) in [5.41, 5.74) is 0. The van der Waals surface area contributed by atoms with Crippen LogP contribution in [0.5, 0.6) is 5.75 Å². The van der Waals surface area contributed by atoms with E-state index in [9.17, 15) is 9.59 Å². The number of carbonyl (C=O) groups excluding carboxylic acids is 2. The second-order valence-corrected chi connectivity index (χ2v) is 5.03. The Bertz CT molecular complexity index is 538. The predicted molar refractivity (Wildman–Crippen MR) is 78.0 cm³/mol. The SMILES string of the molecule is COC(=O)[C@H](CO)NC(=O)COc1cc(Cl)c(Cl)cc1Cl. The molecule has 0 radical (unpaired) electrons. The number of ether oxygens (including phenoxy) is 2. The van der Waals surface area contributed by atoms with Gasteiger partial charge in [0.1, 0.15) is 5.75 Å². The van der Waals surface area contributed by atoms with Crippen LogP contribution in [0.3, 0.4) is 0 Å². The van der Waals surface area contributed by atoms with Gasteiger partial charge in [0.25, 0.3) is 5.91 Å². The highest BCUT2D eigenvalue weighted by atomic mass is 35.5. The zero-order chi connectivity index (χ0) is 16.0. The second kappa shape index (κ2) is 8.29. The third kappa shape index (κ3) is 5.24. The molecule has 0 aliphatic carbocycles. The van der Waals surface area contributed by atoms with Gasteiger partial charge in [-0.25, -0.2) is 4.79 Å². The van der Waals surface area contributed by atoms with Crippen LogP contribution in [0.2, 0.25) is 15.1 Å². The van der Waals surface area contributed by atoms with Gasteiger partial charge >= 0.3 is 5.97 Å². The van der Waals surface area contributed by atoms with Crippen molar-refractivity contribution < 1.29 is 24.2 Å². The molecule has 1 aromatic carbocycles. The van der Waals surface area contributed by atoms with E-state index in [-0.39, 0.29) is 20.8 Å². The highest BCUT2D eigenvalue weighted by Gasteiger charge is 2.20. The summed E-state index contributed by atoms with van der Waals surface area (Å²) in [4.78, 5) is 22.8. The minimum atomic E-state index is -1.16. The summed E-state index contributed by atoms with van der Waals surface area (Å²) in [6, 6.07) is 1.59. The summed E-state index contributed by atoms with van der Waals surface area (Å²) in [5, 5.41) is 11.9. The van der Waals surface area contributed by atoms with E-state index in [1.54, 1.807) is 0 Å². The zero-order valence-electron chi connectivity index (χ0n) is 10.9. The zero-order valence-corrected chi connectivity index (χ0v) is 13.1. The number of carbonyl (C=O) groups is 2. The molecule has 0 aliphatic heterocycles. The number of halogens is 3. The number of aliphatic hydroxyl groups excluding tert-OH is 1. The van der Waals surface area contributed by atoms with Crippen LogP contribution in [-0.2, 0) is 14.3 Å². The summed E-state index contributed by atoms with van der Waals surface area (Å²) in [6.45, 7) is -1.02. The predicted octanol–water partition coefficient (Wildman–Crippen LogP) is 1.68. The smallest absolute Gasteiger partial charge is 0.330 e. The van der Waals surface area contributed by atoms with Crippen LogP contribution in [0.15, 0.2) is 12.1 Å². The van der Waals surface area contributed by atoms with Gasteiger partial charge in [-0.1, -0.05) is 34.8 Å². The lowest BCUT2D eigenvalue weighted by Gasteiger charge is -2.14. The van der Waals surface area contributed by atoms with Gasteiger partial charge in [-0.15, -0.1) is 0 Å². The second-order valence-electron chi connectivity index (χ2n) is 3.81. The van der Waals surface area contributed by atoms with Crippen LogP contribution in [0.1, 0.15) is 0 Å². The number of nitrogens with one attached hydrogen (secondary N) is 1. The molecule has 0 saturated carbocycles. The van der Waals surface area contributed by atoms with Crippen LogP contribution in [0.4, 0.5) is 0 Å². The molecule has 9 heteroatoms. The Labute approximate surface area is 135 Å². The third-order valence-corrected chi connectivity index (χ3v) is 3.35. The average molecular weight is 357 g/mol. The Morgan fingerprint density at radius 1 is 1.24 bits per heavy atom. The molecule has 0 fully saturated rings. The number of methoxy groups -OCH3 is 1. The molecule has 1 amide bonds. The maximum absolute atomic E-state index is 11.6. The van der Waals surface area contributed by atoms with Crippen LogP contribution in [0, 0.1) is 0 Å². The molecule has 1 atom stereocenters. The quantitative estimate of drug-likeness (QED) is 0.598. The van der Waals surface area contributed by atoms with E-state index in [1.165, 1.54) is 12.1 Å². The molecular weight excluding hydrogens is 344 g/mol. The van der Waals surface area contributed by atoms with Crippen molar-refractivity contribution in [1.29, 1.82) is 0 Å². The fraction of sp³-hybridized carbons (Fsp3) is 0.333. The Morgan fingerprint density at radius 3 is 2.43 bits per heavy atom. The maximum Gasteiger partial charge on any atom is 0.330 e. The van der Waals surface area contributed by atoms with E-state index in [4.69, 9.17) is 44.6 Å². The molecule has 0 heterocycles. The number of benzene rings is 1. The Hall–Kier alpha value is -1.21. The van der Waals surface area contributed by atoms with Crippen LogP contribution in [-0.4, -0.2) is 43.3 Å². The minimum absolute atomic E-state index is 0.167. The van der Waals surface area contributed by atoms with Crippen molar-refractivity contribution >= 4 is 46.7 Å². The standard InChI is InChI=1S/C12H12Cl3NO5/c1-20-12(19)9(4-17)16-11(18)5-21-10-3-7(14)6(13)2-8(10)15/h2-3,9,17H,4-5H2,1H3,(H,16,18)/t9-/m0/s1. The lowest BCUT2D eigenvalue weighted by Crippen LogP contribution is -2.45. The molecule has 1 aromatic rings. The van der Waals surface area contributed by atoms with Gasteiger partial charge in [0.2, 0.25) is 0 Å². The molecule has 0 bridgehead atoms. The Balaban J connectivity index is 2.61. The molecule has 0 aliphatic rings. The first-order valence-electron chi connectivity index (χ1n) is 5.64. The molecule has 0 unspecified atom stereocenters. The number of amides is 1. The highest BCUT2D eigenvalue weighted by Crippen LogP contribution is 2.33. The first kappa shape index (κ1) is 17.8. The monoisotopic (exact) mass is 355 g/mol. The molecule has 116 valence electrons. The molecule has 0 spiro atoms. The van der Waals surface area contributed by atoms with Crippen molar-refractivity contribution in [3.05, 3.63) is 27.2 Å². The van der Waals surface area contributed by atoms with Gasteiger partial charge in [-0.3, -0.25) is 4.79 Å². The van der Waals surface area contributed by atoms with E-state index in [0.29, 0.717) is 0 Å². The van der Waals surface area contributed by atoms with Crippen molar-refractivity contribution in [3.63, 3.8) is 0 Å². The molecular formula is C12H12Cl3NO5. The van der Waals surface area contributed by atoms with Gasteiger partial charge in [-0.2, -0.15) is 0 Å². The molecule has 2 N–H and O–H groups in total. The highest BCUT2D eigenvalue weighted by molar-refractivity contribution is 6.43. The summed E-state index contributed by atoms with van der Waals surface area (Å²) in [6.07, 6.45) is 0. The number of rotatable bonds is 6. The first-order chi connectivity index (χ1) is 9.88. The van der Waals surface area contributed by atoms with Crippen LogP contribution >= 0.6 is 34.8 Å². The fourth-order valence-electron chi connectivity index (χ4n) is 1.32. The fourth-order valence-corrected chi connectivity index (χ4v) is 1.91. The van der Waals surface area contributed by atoms with Crippen LogP contribution in [0.25, 0.3) is 0 Å². The number of hydrogen-bond acceptors (Lipinski definition) is 5. The summed E-state index contributed by atoms with van der Waals surface area (Å²) >= 11 is 17.4. The van der Waals surface area contributed by atoms with Crippen molar-refractivity contribution in [1.82, 2.24) is 5.32 Å². The lowest BCUT2D eigenvalue weighted by atomic mass is 10.3. The minimum Gasteiger partial charge on any atom is -0.482 e. The summed E-state index contributed by atoms with van der Waals surface area (Å²) < 4.78 is 9.58. The topological polar surface area (TPSA) is 84.9 Å². The van der Waals surface area contributed by atoms with E-state index >= 15 is 0 Å². The van der Waals surface area contributed by atoms with Gasteiger partial charge in [-0.05, 0) is 6.07 Å². The largest absolute Gasteiger partial charge is 0.482 e. The van der Waals surface area contributed by atoms with Gasteiger partial charge < -0.3 is 19.9 Å². The Kier molecular flexibility index (Phi) is 7.04. The van der Waals surface area contributed by atoms with Crippen LogP contribution < -0.4 is 10.1 Å². The molecule has 21 heavy (non-hydrogen) atoms. The van der Waals surface area contributed by atoms with E-state index in [1.807, 2.05) is 0 Å². The van der Waals surface area contributed by atoms with E-state index in [0.717, 1.165) is 7.11 Å². The first-order valence-corrected chi connectivity index (χ1v) is 6.77. The molecule has 6 nitrogen and oxygen atoms in total. The van der Waals surface area contributed by atoms with Crippen molar-refractivity contribution in [3.8, 4) is 5.75 Å². The van der Waals surface area contributed by atoms with Crippen molar-refractivity contribution in [2.45, 2.75) is 6.04 Å². The molecule has 0 aromatic heterocycles. The van der Waals surface area contributed by atoms with Gasteiger partial charge in [0, 0.05) is 6.07 Å². The third-order valence-electron chi connectivity index (χ3n) is 2.34. The average Bonchev–Trinajstić information content (AvgIpc) is 2.46. The van der Waals surface area contributed by atoms with E-state index in [2.05, 4.69) is 10.1 Å². The number of aliphatic hydroxyl groups is 1. The lowest BCUT2D eigenvalue weighted by molar-refractivity contribution is -0.146. The molecule has 0 saturated heterocycles. The number of hydrogen-bond donors (Lipinski definition) is 2. The van der Waals surface area contributed by atoms with Crippen molar-refractivity contribution in [2.24, 2.45) is 0 Å². The van der Waals surface area contributed by atoms with Crippen molar-refractivity contribution in [2.75, 3.05) is 20.3 Å². The van der Waals surface area contributed by atoms with Gasteiger partial charge in [0.05, 0.1) is 28.8 Å². The normalized spacial score (nSPS) is 11.7. The van der Waals surface area contributed by atoms with Gasteiger partial charge in [0.15, 0.2) is 12.6 Å². The molecule has 1 rings (SSSR count). The summed E-state index contributed by atoms with van der Waals surface area (Å²) in [7, 11) is 1.14. The van der Waals surface area contributed by atoms with E-state index < -0.39 is 31.1 Å². The Morgan fingerprint density at radius 2 is 1.86 bits per heavy atom. The maximum atomic E-state index is 11.6. The summed E-state index contributed by atoms with van der Waals surface area (Å²) in [5.74, 6) is -1.24. The number of esters is 1.